The molecule has 0 bridgehead atoms. The number of benzene rings is 1. The minimum absolute atomic E-state index is 0.136. The Morgan fingerprint density at radius 3 is 2.44 bits per heavy atom. The average molecular weight is 631 g/mol. The molecular weight excluding hydrogens is 593 g/mol. The predicted octanol–water partition coefficient (Wildman–Crippen LogP) is 5.75. The number of carbonyl (C=O) groups excluding carboxylic acids is 2. The van der Waals surface area contributed by atoms with E-state index in [1.807, 2.05) is 0 Å². The molecule has 2 aliphatic rings. The number of methoxy groups -OCH3 is 2. The molecule has 2 unspecified atom stereocenters. The van der Waals surface area contributed by atoms with Gasteiger partial charge in [-0.3, -0.25) is 9.78 Å². The van der Waals surface area contributed by atoms with E-state index in [9.17, 15) is 22.8 Å². The molecule has 242 valence electrons. The van der Waals surface area contributed by atoms with Gasteiger partial charge in [-0.05, 0) is 63.4 Å². The number of nitrogens with zero attached hydrogens (tertiary/aromatic N) is 4. The summed E-state index contributed by atoms with van der Waals surface area (Å²) in [6.07, 6.45) is -2.44. The number of halogens is 3. The number of fused-ring (bicyclic) bond motifs is 1. The number of amides is 2. The van der Waals surface area contributed by atoms with Crippen LogP contribution in [0.2, 0.25) is 0 Å². The lowest BCUT2D eigenvalue weighted by Gasteiger charge is -2.34. The number of hydrogen-bond acceptors (Lipinski definition) is 8. The summed E-state index contributed by atoms with van der Waals surface area (Å²) in [5.74, 6) is 0.674. The van der Waals surface area contributed by atoms with E-state index in [0.717, 1.165) is 4.68 Å². The number of likely N-dealkylation sites (tertiary alicyclic amines) is 1. The summed E-state index contributed by atoms with van der Waals surface area (Å²) >= 11 is 0. The maximum atomic E-state index is 14.2. The van der Waals surface area contributed by atoms with Gasteiger partial charge in [-0.2, -0.15) is 18.3 Å². The van der Waals surface area contributed by atoms with Crippen molar-refractivity contribution in [3.05, 3.63) is 53.9 Å². The summed E-state index contributed by atoms with van der Waals surface area (Å²) < 4.78 is 59.7. The van der Waals surface area contributed by atoms with E-state index in [0.29, 0.717) is 48.6 Å². The van der Waals surface area contributed by atoms with Gasteiger partial charge in [0.05, 0.1) is 26.0 Å². The highest BCUT2D eigenvalue weighted by Gasteiger charge is 2.46. The molecule has 2 amide bonds. The zero-order chi connectivity index (χ0) is 32.5. The fourth-order valence-electron chi connectivity index (χ4n) is 5.53. The number of nitrogens with one attached hydrogen (secondary N) is 2. The highest BCUT2D eigenvalue weighted by Crippen LogP contribution is 2.45. The lowest BCUT2D eigenvalue weighted by atomic mass is 9.96. The van der Waals surface area contributed by atoms with Gasteiger partial charge in [-0.15, -0.1) is 0 Å². The number of pyridine rings is 1. The number of aromatic nitrogens is 3. The normalized spacial score (nSPS) is 20.1. The molecule has 0 spiro atoms. The van der Waals surface area contributed by atoms with Crippen LogP contribution in [0.1, 0.15) is 68.2 Å². The van der Waals surface area contributed by atoms with Crippen LogP contribution in [0.25, 0.3) is 11.3 Å². The maximum Gasteiger partial charge on any atom is 0.410 e. The topological polar surface area (TPSA) is 120 Å². The van der Waals surface area contributed by atoms with E-state index < -0.39 is 35.9 Å². The Bertz CT molecular complexity index is 1540. The number of ether oxygens (including phenoxy) is 3. The summed E-state index contributed by atoms with van der Waals surface area (Å²) in [7, 11) is 2.96. The second-order valence-electron chi connectivity index (χ2n) is 12.1. The van der Waals surface area contributed by atoms with Gasteiger partial charge in [0, 0.05) is 43.4 Å². The molecule has 3 aromatic rings. The summed E-state index contributed by atoms with van der Waals surface area (Å²) in [5.41, 5.74) is 0.854. The number of piperidine rings is 1. The molecule has 1 fully saturated rings. The Morgan fingerprint density at radius 2 is 1.80 bits per heavy atom. The molecule has 0 radical (unpaired) electrons. The molecule has 5 rings (SSSR count). The van der Waals surface area contributed by atoms with Gasteiger partial charge in [0.1, 0.15) is 17.1 Å². The number of rotatable bonds is 6. The third kappa shape index (κ3) is 7.26. The molecule has 0 saturated carbocycles. The highest BCUT2D eigenvalue weighted by molar-refractivity contribution is 5.92. The van der Waals surface area contributed by atoms with E-state index in [1.165, 1.54) is 32.5 Å². The van der Waals surface area contributed by atoms with Crippen molar-refractivity contribution in [3.63, 3.8) is 0 Å². The predicted molar refractivity (Wildman–Crippen MR) is 159 cm³/mol. The standard InChI is InChI=1S/C31H37F3N6O5/c1-30(2,3)45-29(42)39-12-6-7-20(17-39)36-28(41)21-10-8-19(16-35-21)23-15-27-37-22(14-26(31(32,33)34)40(27)38-23)18-9-11-24(43-4)25(13-18)44-5/h8-11,13,15-16,20,22,26,37H,6-7,12,14,17H2,1-5H3,(H,36,41)/t20-,22?,26?/m0/s1. The minimum atomic E-state index is -4.55. The highest BCUT2D eigenvalue weighted by atomic mass is 19.4. The second kappa shape index (κ2) is 12.5. The van der Waals surface area contributed by atoms with Crippen molar-refractivity contribution in [2.75, 3.05) is 32.6 Å². The van der Waals surface area contributed by atoms with Crippen LogP contribution in [0.3, 0.4) is 0 Å². The lowest BCUT2D eigenvalue weighted by Crippen LogP contribution is -2.50. The van der Waals surface area contributed by atoms with Gasteiger partial charge in [0.2, 0.25) is 0 Å². The smallest absolute Gasteiger partial charge is 0.410 e. The van der Waals surface area contributed by atoms with Gasteiger partial charge in [0.25, 0.3) is 5.91 Å². The van der Waals surface area contributed by atoms with Crippen LogP contribution in [-0.4, -0.2) is 76.8 Å². The van der Waals surface area contributed by atoms with Crippen molar-refractivity contribution in [2.24, 2.45) is 0 Å². The van der Waals surface area contributed by atoms with E-state index in [4.69, 9.17) is 14.2 Å². The maximum absolute atomic E-state index is 14.2. The zero-order valence-corrected chi connectivity index (χ0v) is 25.8. The summed E-state index contributed by atoms with van der Waals surface area (Å²) in [4.78, 5) is 31.3. The Labute approximate surface area is 259 Å². The molecule has 2 N–H and O–H groups in total. The fraction of sp³-hybridized carbons (Fsp3) is 0.484. The number of anilines is 1. The van der Waals surface area contributed by atoms with Crippen molar-refractivity contribution in [1.82, 2.24) is 25.0 Å². The first-order valence-corrected chi connectivity index (χ1v) is 14.7. The van der Waals surface area contributed by atoms with Crippen molar-refractivity contribution < 1.29 is 37.0 Å². The van der Waals surface area contributed by atoms with Crippen LogP contribution >= 0.6 is 0 Å². The molecule has 2 aliphatic heterocycles. The third-order valence-corrected chi connectivity index (χ3v) is 7.70. The zero-order valence-electron chi connectivity index (χ0n) is 25.8. The van der Waals surface area contributed by atoms with Crippen LogP contribution < -0.4 is 20.1 Å². The number of alkyl halides is 3. The molecular formula is C31H37F3N6O5. The minimum Gasteiger partial charge on any atom is -0.493 e. The average Bonchev–Trinajstić information content (AvgIpc) is 3.43. The Hall–Kier alpha value is -4.49. The van der Waals surface area contributed by atoms with Gasteiger partial charge in [-0.1, -0.05) is 6.07 Å². The molecule has 45 heavy (non-hydrogen) atoms. The van der Waals surface area contributed by atoms with Crippen molar-refractivity contribution in [3.8, 4) is 22.8 Å². The third-order valence-electron chi connectivity index (χ3n) is 7.70. The lowest BCUT2D eigenvalue weighted by molar-refractivity contribution is -0.173. The first kappa shape index (κ1) is 31.9. The molecule has 14 heteroatoms. The van der Waals surface area contributed by atoms with E-state index in [1.54, 1.807) is 49.9 Å². The van der Waals surface area contributed by atoms with Crippen LogP contribution in [0, 0.1) is 0 Å². The Kier molecular flexibility index (Phi) is 8.86. The second-order valence-corrected chi connectivity index (χ2v) is 12.1. The SMILES string of the molecule is COc1ccc(C2CC(C(F)(F)F)n3nc(-c4ccc(C(=O)N[C@H]5CCCN(C(=O)OC(C)(C)C)C5)nc4)cc3N2)cc1OC. The van der Waals surface area contributed by atoms with E-state index >= 15 is 0 Å². The van der Waals surface area contributed by atoms with Crippen molar-refractivity contribution >= 4 is 17.8 Å². The Morgan fingerprint density at radius 1 is 1.04 bits per heavy atom. The molecule has 2 aromatic heterocycles. The molecule has 1 saturated heterocycles. The molecule has 11 nitrogen and oxygen atoms in total. The fourth-order valence-corrected chi connectivity index (χ4v) is 5.53. The van der Waals surface area contributed by atoms with E-state index in [-0.39, 0.29) is 29.7 Å². The van der Waals surface area contributed by atoms with Crippen molar-refractivity contribution in [2.45, 2.75) is 69.9 Å². The van der Waals surface area contributed by atoms with Crippen LogP contribution in [-0.2, 0) is 4.74 Å². The summed E-state index contributed by atoms with van der Waals surface area (Å²) in [6, 6.07) is 6.85. The first-order chi connectivity index (χ1) is 21.3. The molecule has 3 atom stereocenters. The Balaban J connectivity index is 1.30. The molecule has 4 heterocycles. The van der Waals surface area contributed by atoms with Gasteiger partial charge < -0.3 is 29.7 Å². The number of carbonyl (C=O) groups is 2. The van der Waals surface area contributed by atoms with Crippen LogP contribution in [0.5, 0.6) is 11.5 Å². The first-order valence-electron chi connectivity index (χ1n) is 14.7. The molecule has 0 aliphatic carbocycles. The quantitative estimate of drug-likeness (QED) is 0.353. The van der Waals surface area contributed by atoms with Crippen molar-refractivity contribution in [1.29, 1.82) is 0 Å². The van der Waals surface area contributed by atoms with Gasteiger partial charge in [0.15, 0.2) is 17.5 Å². The van der Waals surface area contributed by atoms with Gasteiger partial charge >= 0.3 is 12.3 Å². The number of hydrogen-bond donors (Lipinski definition) is 2. The largest absolute Gasteiger partial charge is 0.493 e. The summed E-state index contributed by atoms with van der Waals surface area (Å²) in [5, 5.41) is 10.4. The van der Waals surface area contributed by atoms with E-state index in [2.05, 4.69) is 20.7 Å². The van der Waals surface area contributed by atoms with Crippen LogP contribution in [0.15, 0.2) is 42.6 Å². The molecule has 1 aromatic carbocycles. The monoisotopic (exact) mass is 630 g/mol. The van der Waals surface area contributed by atoms with Gasteiger partial charge in [-0.25, -0.2) is 9.48 Å². The summed E-state index contributed by atoms with van der Waals surface area (Å²) in [6.45, 7) is 6.25. The van der Waals surface area contributed by atoms with Crippen LogP contribution in [0.4, 0.5) is 23.8 Å².